The topological polar surface area (TPSA) is 114 Å². The fourth-order valence-electron chi connectivity index (χ4n) is 3.84. The quantitative estimate of drug-likeness (QED) is 0.384. The Hall–Kier alpha value is -4.05. The number of benzene rings is 3. The molecular weight excluding hydrogens is 506 g/mol. The number of para-hydroxylation sites is 1. The van der Waals surface area contributed by atoms with Crippen molar-refractivity contribution in [3.8, 4) is 11.5 Å². The third kappa shape index (κ3) is 7.25. The maximum Gasteiger partial charge on any atom is 0.253 e. The Morgan fingerprint density at radius 3 is 2.26 bits per heavy atom. The van der Waals surface area contributed by atoms with E-state index >= 15 is 0 Å². The number of nitrogens with zero attached hydrogens (tertiary/aromatic N) is 1. The number of carbonyl (C=O) groups is 2. The van der Waals surface area contributed by atoms with E-state index in [1.165, 1.54) is 0 Å². The molecule has 0 aliphatic rings. The molecule has 9 nitrogen and oxygen atoms in total. The van der Waals surface area contributed by atoms with Crippen molar-refractivity contribution in [2.24, 2.45) is 0 Å². The van der Waals surface area contributed by atoms with Gasteiger partial charge in [-0.2, -0.15) is 0 Å². The van der Waals surface area contributed by atoms with Crippen molar-refractivity contribution in [2.75, 3.05) is 43.2 Å². The van der Waals surface area contributed by atoms with Crippen LogP contribution in [0.1, 0.15) is 27.0 Å². The molecule has 3 aromatic rings. The van der Waals surface area contributed by atoms with Gasteiger partial charge < -0.3 is 20.1 Å². The molecule has 0 fully saturated rings. The SMILES string of the molecule is COc1ccc(CCNC(=O)c2ccccc2NC(=O)CN(c2ccc(C)c(C)c2)S(C)(=O)=O)cc1OC. The Balaban J connectivity index is 1.68. The third-order valence-corrected chi connectivity index (χ3v) is 7.20. The number of nitrogens with one attached hydrogen (secondary N) is 2. The van der Waals surface area contributed by atoms with E-state index in [4.69, 9.17) is 9.47 Å². The van der Waals surface area contributed by atoms with Crippen LogP contribution in [0.25, 0.3) is 0 Å². The summed E-state index contributed by atoms with van der Waals surface area (Å²) in [5.41, 5.74) is 3.83. The Morgan fingerprint density at radius 1 is 0.895 bits per heavy atom. The fraction of sp³-hybridized carbons (Fsp3) is 0.286. The molecule has 0 aliphatic carbocycles. The zero-order chi connectivity index (χ0) is 27.9. The molecule has 0 aromatic heterocycles. The van der Waals surface area contributed by atoms with E-state index in [1.807, 2.05) is 32.0 Å². The molecule has 3 aromatic carbocycles. The van der Waals surface area contributed by atoms with Gasteiger partial charge in [0.05, 0.1) is 37.4 Å². The number of hydrogen-bond acceptors (Lipinski definition) is 6. The van der Waals surface area contributed by atoms with Gasteiger partial charge in [-0.15, -0.1) is 0 Å². The van der Waals surface area contributed by atoms with Gasteiger partial charge >= 0.3 is 0 Å². The molecule has 0 atom stereocenters. The Bertz CT molecular complexity index is 1420. The Morgan fingerprint density at radius 2 is 1.61 bits per heavy atom. The summed E-state index contributed by atoms with van der Waals surface area (Å²) in [5, 5.41) is 5.55. The highest BCUT2D eigenvalue weighted by Gasteiger charge is 2.22. The monoisotopic (exact) mass is 539 g/mol. The van der Waals surface area contributed by atoms with Crippen LogP contribution in [0.15, 0.2) is 60.7 Å². The minimum absolute atomic E-state index is 0.269. The maximum atomic E-state index is 12.9. The van der Waals surface area contributed by atoms with Crippen LogP contribution < -0.4 is 24.4 Å². The second-order valence-electron chi connectivity index (χ2n) is 8.83. The van der Waals surface area contributed by atoms with E-state index in [0.717, 1.165) is 27.3 Å². The highest BCUT2D eigenvalue weighted by molar-refractivity contribution is 7.92. The smallest absolute Gasteiger partial charge is 0.253 e. The Kier molecular flexibility index (Phi) is 9.35. The normalized spacial score (nSPS) is 11.0. The number of rotatable bonds is 11. The summed E-state index contributed by atoms with van der Waals surface area (Å²) < 4.78 is 36.5. The Labute approximate surface area is 223 Å². The van der Waals surface area contributed by atoms with Crippen LogP contribution in [0.5, 0.6) is 11.5 Å². The molecule has 0 saturated carbocycles. The summed E-state index contributed by atoms with van der Waals surface area (Å²) in [6.07, 6.45) is 1.61. The second kappa shape index (κ2) is 12.5. The van der Waals surface area contributed by atoms with Crippen LogP contribution in [0.2, 0.25) is 0 Å². The molecule has 0 radical (unpaired) electrons. The summed E-state index contributed by atoms with van der Waals surface area (Å²) in [4.78, 5) is 25.8. The number of methoxy groups -OCH3 is 2. The maximum absolute atomic E-state index is 12.9. The fourth-order valence-corrected chi connectivity index (χ4v) is 4.69. The van der Waals surface area contributed by atoms with Gasteiger partial charge in [0.2, 0.25) is 15.9 Å². The van der Waals surface area contributed by atoms with Gasteiger partial charge in [0, 0.05) is 6.54 Å². The van der Waals surface area contributed by atoms with Crippen molar-refractivity contribution in [1.82, 2.24) is 5.32 Å². The molecule has 0 bridgehead atoms. The van der Waals surface area contributed by atoms with Crippen LogP contribution in [0.4, 0.5) is 11.4 Å². The predicted octanol–water partition coefficient (Wildman–Crippen LogP) is 3.70. The van der Waals surface area contributed by atoms with Gasteiger partial charge in [-0.3, -0.25) is 13.9 Å². The average Bonchev–Trinajstić information content (AvgIpc) is 2.88. The van der Waals surface area contributed by atoms with Crippen LogP contribution in [0.3, 0.4) is 0 Å². The van der Waals surface area contributed by atoms with E-state index in [1.54, 1.807) is 56.7 Å². The molecule has 0 heterocycles. The van der Waals surface area contributed by atoms with E-state index < -0.39 is 22.5 Å². The molecule has 10 heteroatoms. The van der Waals surface area contributed by atoms with Crippen molar-refractivity contribution < 1.29 is 27.5 Å². The second-order valence-corrected chi connectivity index (χ2v) is 10.7. The number of ether oxygens (including phenoxy) is 2. The van der Waals surface area contributed by atoms with Crippen molar-refractivity contribution in [3.05, 3.63) is 82.9 Å². The first kappa shape index (κ1) is 28.5. The van der Waals surface area contributed by atoms with Gasteiger partial charge in [-0.1, -0.05) is 24.3 Å². The molecule has 202 valence electrons. The third-order valence-electron chi connectivity index (χ3n) is 6.06. The minimum Gasteiger partial charge on any atom is -0.493 e. The summed E-state index contributed by atoms with van der Waals surface area (Å²) in [6.45, 7) is 3.72. The number of hydrogen-bond donors (Lipinski definition) is 2. The van der Waals surface area contributed by atoms with Crippen LogP contribution >= 0.6 is 0 Å². The molecule has 0 aliphatic heterocycles. The lowest BCUT2D eigenvalue weighted by Crippen LogP contribution is -2.38. The van der Waals surface area contributed by atoms with E-state index in [2.05, 4.69) is 10.6 Å². The lowest BCUT2D eigenvalue weighted by molar-refractivity contribution is -0.114. The van der Waals surface area contributed by atoms with E-state index in [-0.39, 0.29) is 17.2 Å². The zero-order valence-electron chi connectivity index (χ0n) is 22.2. The largest absolute Gasteiger partial charge is 0.493 e. The minimum atomic E-state index is -3.73. The molecule has 3 rings (SSSR count). The summed E-state index contributed by atoms with van der Waals surface area (Å²) in [6, 6.07) is 17.3. The number of carbonyl (C=O) groups excluding carboxylic acids is 2. The van der Waals surface area contributed by atoms with Gasteiger partial charge in [-0.05, 0) is 73.4 Å². The van der Waals surface area contributed by atoms with Crippen LogP contribution in [-0.2, 0) is 21.2 Å². The first-order chi connectivity index (χ1) is 18.0. The molecule has 0 saturated heterocycles. The first-order valence-corrected chi connectivity index (χ1v) is 13.8. The van der Waals surface area contributed by atoms with Gasteiger partial charge in [0.25, 0.3) is 5.91 Å². The van der Waals surface area contributed by atoms with Crippen LogP contribution in [-0.4, -0.2) is 53.8 Å². The van der Waals surface area contributed by atoms with Crippen molar-refractivity contribution in [2.45, 2.75) is 20.3 Å². The lowest BCUT2D eigenvalue weighted by Gasteiger charge is -2.23. The highest BCUT2D eigenvalue weighted by Crippen LogP contribution is 2.27. The summed E-state index contributed by atoms with van der Waals surface area (Å²) in [7, 11) is -0.606. The molecule has 2 amide bonds. The van der Waals surface area contributed by atoms with Crippen LogP contribution in [0, 0.1) is 13.8 Å². The molecular formula is C28H33N3O6S. The number of anilines is 2. The molecule has 2 N–H and O–H groups in total. The first-order valence-electron chi connectivity index (χ1n) is 12.0. The van der Waals surface area contributed by atoms with Gasteiger partial charge in [0.15, 0.2) is 11.5 Å². The van der Waals surface area contributed by atoms with Gasteiger partial charge in [0.1, 0.15) is 6.54 Å². The number of aryl methyl sites for hydroxylation is 2. The summed E-state index contributed by atoms with van der Waals surface area (Å²) in [5.74, 6) is 0.292. The van der Waals surface area contributed by atoms with Crippen molar-refractivity contribution in [1.29, 1.82) is 0 Å². The molecule has 0 spiro atoms. The lowest BCUT2D eigenvalue weighted by atomic mass is 10.1. The summed E-state index contributed by atoms with van der Waals surface area (Å²) >= 11 is 0. The molecule has 38 heavy (non-hydrogen) atoms. The van der Waals surface area contributed by atoms with E-state index in [9.17, 15) is 18.0 Å². The van der Waals surface area contributed by atoms with Gasteiger partial charge in [-0.25, -0.2) is 8.42 Å². The highest BCUT2D eigenvalue weighted by atomic mass is 32.2. The van der Waals surface area contributed by atoms with Crippen molar-refractivity contribution >= 4 is 33.2 Å². The standard InChI is InChI=1S/C28H33N3O6S/c1-19-10-12-22(16-20(19)2)31(38(5,34)35)18-27(32)30-24-9-7-6-8-23(24)28(33)29-15-14-21-11-13-25(36-3)26(17-21)37-4/h6-13,16-17H,14-15,18H2,1-5H3,(H,29,33)(H,30,32). The molecule has 0 unspecified atom stereocenters. The number of sulfonamides is 1. The zero-order valence-corrected chi connectivity index (χ0v) is 23.0. The van der Waals surface area contributed by atoms with E-state index in [0.29, 0.717) is 30.2 Å². The van der Waals surface area contributed by atoms with Crippen molar-refractivity contribution in [3.63, 3.8) is 0 Å². The average molecular weight is 540 g/mol. The number of amides is 2. The predicted molar refractivity (Wildman–Crippen MR) is 149 cm³/mol.